The zero-order chi connectivity index (χ0) is 12.3. The molecule has 0 aliphatic carbocycles. The predicted molar refractivity (Wildman–Crippen MR) is 62.9 cm³/mol. The van der Waals surface area contributed by atoms with E-state index >= 15 is 0 Å². The predicted octanol–water partition coefficient (Wildman–Crippen LogP) is 1.58. The minimum Gasteiger partial charge on any atom is -0.465 e. The molecule has 0 aliphatic rings. The van der Waals surface area contributed by atoms with Crippen LogP contribution in [0.2, 0.25) is 0 Å². The Hall–Kier alpha value is -1.69. The number of hydrogen-bond donors (Lipinski definition) is 2. The fraction of sp³-hybridized carbons (Fsp3) is 0.200. The lowest BCUT2D eigenvalue weighted by Crippen LogP contribution is -2.20. The second-order valence-electron chi connectivity index (χ2n) is 3.11. The molecule has 0 unspecified atom stereocenters. The number of ether oxygens (including phenoxy) is 1. The molecule has 0 heterocycles. The molecule has 0 radical (unpaired) electrons. The van der Waals surface area contributed by atoms with Crippen molar-refractivity contribution in [3.8, 4) is 0 Å². The number of carbonyl (C=O) groups excluding carboxylic acids is 1. The van der Waals surface area contributed by atoms with E-state index in [0.29, 0.717) is 11.3 Å². The third-order valence-corrected chi connectivity index (χ3v) is 2.13. The van der Waals surface area contributed by atoms with E-state index in [-0.39, 0.29) is 10.7 Å². The van der Waals surface area contributed by atoms with Gasteiger partial charge < -0.3 is 15.8 Å². The van der Waals surface area contributed by atoms with Gasteiger partial charge in [0.25, 0.3) is 0 Å². The second kappa shape index (κ2) is 4.89. The summed E-state index contributed by atoms with van der Waals surface area (Å²) >= 11 is 4.65. The maximum Gasteiger partial charge on any atom is 0.338 e. The van der Waals surface area contributed by atoms with Crippen LogP contribution in [0.1, 0.15) is 15.9 Å². The highest BCUT2D eigenvalue weighted by Crippen LogP contribution is 2.21. The number of hydrogen-bond acceptors (Lipinski definition) is 3. The van der Waals surface area contributed by atoms with Crippen LogP contribution in [0.5, 0.6) is 0 Å². The van der Waals surface area contributed by atoms with Gasteiger partial charge in [0.2, 0.25) is 0 Å². The number of methoxy groups -OCH3 is 1. The Kier molecular flexibility index (Phi) is 3.78. The van der Waals surface area contributed by atoms with Crippen LogP contribution >= 0.6 is 12.2 Å². The highest BCUT2D eigenvalue weighted by Gasteiger charge is 2.12. The van der Waals surface area contributed by atoms with Crippen molar-refractivity contribution in [1.82, 2.24) is 0 Å². The Morgan fingerprint density at radius 1 is 1.56 bits per heavy atom. The molecule has 1 aromatic rings. The maximum atomic E-state index is 13.5. The summed E-state index contributed by atoms with van der Waals surface area (Å²) < 4.78 is 17.9. The third-order valence-electron chi connectivity index (χ3n) is 2.02. The zero-order valence-corrected chi connectivity index (χ0v) is 9.65. The van der Waals surface area contributed by atoms with Gasteiger partial charge in [-0.1, -0.05) is 0 Å². The van der Waals surface area contributed by atoms with E-state index in [9.17, 15) is 9.18 Å². The van der Waals surface area contributed by atoms with Crippen LogP contribution in [0.3, 0.4) is 0 Å². The molecule has 0 saturated heterocycles. The van der Waals surface area contributed by atoms with Crippen molar-refractivity contribution in [3.63, 3.8) is 0 Å². The number of nitrogens with two attached hydrogens (primary N) is 1. The fourth-order valence-electron chi connectivity index (χ4n) is 1.18. The van der Waals surface area contributed by atoms with E-state index in [1.807, 2.05) is 0 Å². The van der Waals surface area contributed by atoms with Crippen LogP contribution in [-0.2, 0) is 4.74 Å². The Morgan fingerprint density at radius 3 is 2.69 bits per heavy atom. The summed E-state index contributed by atoms with van der Waals surface area (Å²) in [6.45, 7) is 1.55. The first-order chi connectivity index (χ1) is 7.45. The first-order valence-electron chi connectivity index (χ1n) is 4.40. The molecule has 1 aromatic carbocycles. The summed E-state index contributed by atoms with van der Waals surface area (Å²) in [6.07, 6.45) is 0. The van der Waals surface area contributed by atoms with Crippen LogP contribution in [-0.4, -0.2) is 18.2 Å². The SMILES string of the molecule is COC(=O)c1cc(F)c(C)c(NC(N)=S)c1. The van der Waals surface area contributed by atoms with E-state index in [4.69, 9.17) is 5.73 Å². The average Bonchev–Trinajstić information content (AvgIpc) is 2.22. The third kappa shape index (κ3) is 2.66. The van der Waals surface area contributed by atoms with Gasteiger partial charge in [-0.25, -0.2) is 9.18 Å². The van der Waals surface area contributed by atoms with Gasteiger partial charge in [0.15, 0.2) is 5.11 Å². The molecule has 0 spiro atoms. The lowest BCUT2D eigenvalue weighted by atomic mass is 10.1. The van der Waals surface area contributed by atoms with Crippen molar-refractivity contribution in [2.75, 3.05) is 12.4 Å². The van der Waals surface area contributed by atoms with E-state index in [1.54, 1.807) is 6.92 Å². The zero-order valence-electron chi connectivity index (χ0n) is 8.83. The minimum atomic E-state index is -0.620. The van der Waals surface area contributed by atoms with Crippen LogP contribution in [0, 0.1) is 12.7 Å². The van der Waals surface area contributed by atoms with Crippen molar-refractivity contribution in [1.29, 1.82) is 0 Å². The smallest absolute Gasteiger partial charge is 0.338 e. The normalized spacial score (nSPS) is 9.69. The molecule has 0 fully saturated rings. The number of esters is 1. The van der Waals surface area contributed by atoms with Crippen LogP contribution in [0.25, 0.3) is 0 Å². The van der Waals surface area contributed by atoms with Crippen molar-refractivity contribution < 1.29 is 13.9 Å². The fourth-order valence-corrected chi connectivity index (χ4v) is 1.29. The van der Waals surface area contributed by atoms with Gasteiger partial charge in [-0.05, 0) is 31.3 Å². The molecule has 0 saturated carbocycles. The molecule has 0 aliphatic heterocycles. The van der Waals surface area contributed by atoms with E-state index in [1.165, 1.54) is 13.2 Å². The number of anilines is 1. The topological polar surface area (TPSA) is 64.3 Å². The average molecular weight is 242 g/mol. The van der Waals surface area contributed by atoms with Crippen molar-refractivity contribution in [3.05, 3.63) is 29.1 Å². The summed E-state index contributed by atoms with van der Waals surface area (Å²) in [4.78, 5) is 11.2. The van der Waals surface area contributed by atoms with Crippen LogP contribution in [0.15, 0.2) is 12.1 Å². The first kappa shape index (κ1) is 12.4. The lowest BCUT2D eigenvalue weighted by Gasteiger charge is -2.10. The molecule has 3 N–H and O–H groups in total. The molecular weight excluding hydrogens is 231 g/mol. The Labute approximate surface area is 97.6 Å². The first-order valence-corrected chi connectivity index (χ1v) is 4.81. The summed E-state index contributed by atoms with van der Waals surface area (Å²) in [5.74, 6) is -1.15. The molecule has 0 bridgehead atoms. The summed E-state index contributed by atoms with van der Waals surface area (Å²) in [5, 5.41) is 2.60. The number of carbonyl (C=O) groups is 1. The summed E-state index contributed by atoms with van der Waals surface area (Å²) in [5.41, 5.74) is 6.07. The Balaban J connectivity index is 3.21. The number of nitrogens with one attached hydrogen (secondary N) is 1. The van der Waals surface area contributed by atoms with Gasteiger partial charge in [-0.3, -0.25) is 0 Å². The van der Waals surface area contributed by atoms with Gasteiger partial charge in [0.1, 0.15) is 5.82 Å². The van der Waals surface area contributed by atoms with E-state index in [0.717, 1.165) is 6.07 Å². The molecule has 0 atom stereocenters. The van der Waals surface area contributed by atoms with Gasteiger partial charge >= 0.3 is 5.97 Å². The number of rotatable bonds is 2. The lowest BCUT2D eigenvalue weighted by molar-refractivity contribution is 0.0600. The molecule has 86 valence electrons. The molecular formula is C10H11FN2O2S. The second-order valence-corrected chi connectivity index (χ2v) is 3.55. The van der Waals surface area contributed by atoms with Gasteiger partial charge in [0, 0.05) is 11.3 Å². The minimum absolute atomic E-state index is 0.00418. The highest BCUT2D eigenvalue weighted by atomic mass is 32.1. The van der Waals surface area contributed by atoms with Crippen molar-refractivity contribution >= 4 is 29.0 Å². The Morgan fingerprint density at radius 2 is 2.19 bits per heavy atom. The van der Waals surface area contributed by atoms with Gasteiger partial charge in [-0.2, -0.15) is 0 Å². The largest absolute Gasteiger partial charge is 0.465 e. The van der Waals surface area contributed by atoms with Crippen molar-refractivity contribution in [2.24, 2.45) is 5.73 Å². The van der Waals surface area contributed by atoms with Crippen molar-refractivity contribution in [2.45, 2.75) is 6.92 Å². The molecule has 4 nitrogen and oxygen atoms in total. The Bertz CT molecular complexity index is 449. The number of halogens is 1. The quantitative estimate of drug-likeness (QED) is 0.609. The molecule has 6 heteroatoms. The molecule has 16 heavy (non-hydrogen) atoms. The standard InChI is InChI=1S/C10H11FN2O2S/c1-5-7(11)3-6(9(14)15-2)4-8(5)13-10(12)16/h3-4H,1-2H3,(H3,12,13,16). The van der Waals surface area contributed by atoms with E-state index in [2.05, 4.69) is 22.3 Å². The maximum absolute atomic E-state index is 13.5. The van der Waals surface area contributed by atoms with Gasteiger partial charge in [-0.15, -0.1) is 0 Å². The van der Waals surface area contributed by atoms with E-state index < -0.39 is 11.8 Å². The van der Waals surface area contributed by atoms with Gasteiger partial charge in [0.05, 0.1) is 12.7 Å². The monoisotopic (exact) mass is 242 g/mol. The molecule has 0 aromatic heterocycles. The number of thiocarbonyl (C=S) groups is 1. The summed E-state index contributed by atoms with van der Waals surface area (Å²) in [6, 6.07) is 2.54. The summed E-state index contributed by atoms with van der Waals surface area (Å²) in [7, 11) is 1.22. The van der Waals surface area contributed by atoms with Crippen LogP contribution in [0.4, 0.5) is 10.1 Å². The molecule has 0 amide bonds. The highest BCUT2D eigenvalue weighted by molar-refractivity contribution is 7.80. The number of benzene rings is 1. The molecule has 1 rings (SSSR count). The van der Waals surface area contributed by atoms with Crippen LogP contribution < -0.4 is 11.1 Å².